The van der Waals surface area contributed by atoms with Gasteiger partial charge in [-0.3, -0.25) is 0 Å². The first-order chi connectivity index (χ1) is 10.9. The fourth-order valence-electron chi connectivity index (χ4n) is 3.67. The summed E-state index contributed by atoms with van der Waals surface area (Å²) in [6.45, 7) is 17.4. The molecule has 0 amide bonds. The van der Waals surface area contributed by atoms with Crippen LogP contribution in [0.25, 0.3) is 0 Å². The van der Waals surface area contributed by atoms with Crippen molar-refractivity contribution in [2.45, 2.75) is 71.6 Å². The zero-order valence-electron chi connectivity index (χ0n) is 15.6. The monoisotopic (exact) mass is 336 g/mol. The molecule has 4 heteroatoms. The number of hydrogen-bond acceptors (Lipinski definition) is 3. The van der Waals surface area contributed by atoms with Crippen molar-refractivity contribution < 1.29 is 13.9 Å². The van der Waals surface area contributed by atoms with E-state index in [1.807, 2.05) is 19.9 Å². The predicted molar refractivity (Wildman–Crippen MR) is 98.8 cm³/mol. The van der Waals surface area contributed by atoms with E-state index in [4.69, 9.17) is 9.15 Å². The summed E-state index contributed by atoms with van der Waals surface area (Å²) in [5.41, 5.74) is 1.99. The number of hydrogen-bond donors (Lipinski definition) is 0. The third-order valence-corrected chi connectivity index (χ3v) is 11.4. The summed E-state index contributed by atoms with van der Waals surface area (Å²) in [5.74, 6) is 1.36. The summed E-state index contributed by atoms with van der Waals surface area (Å²) in [6, 6.07) is 5.48. The van der Waals surface area contributed by atoms with E-state index in [-0.39, 0.29) is 11.5 Å². The van der Waals surface area contributed by atoms with Crippen LogP contribution in [-0.2, 0) is 11.2 Å². The molecule has 3 nitrogen and oxygen atoms in total. The summed E-state index contributed by atoms with van der Waals surface area (Å²) in [6.07, 6.45) is 0.690. The second-order valence-electron chi connectivity index (χ2n) is 6.26. The summed E-state index contributed by atoms with van der Waals surface area (Å²) >= 11 is 0. The van der Waals surface area contributed by atoms with Crippen molar-refractivity contribution in [1.29, 1.82) is 0 Å². The Labute approximate surface area is 142 Å². The Balaban J connectivity index is 3.39. The van der Waals surface area contributed by atoms with Crippen molar-refractivity contribution in [3.05, 3.63) is 35.3 Å². The van der Waals surface area contributed by atoms with Crippen molar-refractivity contribution in [2.75, 3.05) is 6.61 Å². The largest absolute Gasteiger partial charge is 0.465 e. The van der Waals surface area contributed by atoms with Gasteiger partial charge in [-0.15, -0.1) is 0 Å². The quantitative estimate of drug-likeness (QED) is 0.328. The third-order valence-electron chi connectivity index (χ3n) is 5.15. The molecule has 1 unspecified atom stereocenters. The zero-order chi connectivity index (χ0) is 17.6. The van der Waals surface area contributed by atoms with Gasteiger partial charge in [0.05, 0.1) is 14.7 Å². The summed E-state index contributed by atoms with van der Waals surface area (Å²) in [7, 11) is -1.57. The van der Waals surface area contributed by atoms with E-state index < -0.39 is 8.07 Å². The number of rotatable bonds is 9. The Morgan fingerprint density at radius 3 is 2.17 bits per heavy atom. The fourth-order valence-corrected chi connectivity index (χ4v) is 8.18. The van der Waals surface area contributed by atoms with E-state index in [2.05, 4.69) is 34.3 Å². The average molecular weight is 337 g/mol. The SMILES string of the molecule is C=C(C)C(c1cc(C(=O)OCC)c(CC)o1)[Si](CC)(CC)CC. The maximum Gasteiger partial charge on any atom is 0.341 e. The molecule has 0 spiro atoms. The van der Waals surface area contributed by atoms with Gasteiger partial charge >= 0.3 is 5.97 Å². The first kappa shape index (κ1) is 19.8. The highest BCUT2D eigenvalue weighted by molar-refractivity contribution is 6.81. The lowest BCUT2D eigenvalue weighted by atomic mass is 10.1. The molecular weight excluding hydrogens is 304 g/mol. The molecule has 1 rings (SSSR count). The maximum absolute atomic E-state index is 12.2. The van der Waals surface area contributed by atoms with Crippen LogP contribution in [0.5, 0.6) is 0 Å². The highest BCUT2D eigenvalue weighted by Crippen LogP contribution is 2.41. The van der Waals surface area contributed by atoms with E-state index in [9.17, 15) is 4.79 Å². The van der Waals surface area contributed by atoms with Crippen molar-refractivity contribution in [2.24, 2.45) is 0 Å². The Kier molecular flexibility index (Phi) is 7.32. The number of esters is 1. The Bertz CT molecular complexity index is 533. The van der Waals surface area contributed by atoms with Gasteiger partial charge in [0.15, 0.2) is 0 Å². The lowest BCUT2D eigenvalue weighted by molar-refractivity contribution is 0.0524. The molecule has 0 radical (unpaired) electrons. The van der Waals surface area contributed by atoms with Crippen LogP contribution in [0.2, 0.25) is 18.1 Å². The highest BCUT2D eigenvalue weighted by Gasteiger charge is 2.40. The minimum absolute atomic E-state index is 0.260. The van der Waals surface area contributed by atoms with Crippen LogP contribution in [0.15, 0.2) is 22.6 Å². The summed E-state index contributed by atoms with van der Waals surface area (Å²) in [5, 5.41) is 0. The molecule has 0 bridgehead atoms. The molecule has 0 saturated heterocycles. The highest BCUT2D eigenvalue weighted by atomic mass is 28.3. The maximum atomic E-state index is 12.2. The van der Waals surface area contributed by atoms with Crippen LogP contribution in [0.4, 0.5) is 0 Å². The Morgan fingerprint density at radius 2 is 1.78 bits per heavy atom. The van der Waals surface area contributed by atoms with Gasteiger partial charge in [-0.2, -0.15) is 0 Å². The molecule has 0 saturated carbocycles. The van der Waals surface area contributed by atoms with E-state index in [1.165, 1.54) is 18.1 Å². The number of furan rings is 1. The molecule has 130 valence electrons. The molecule has 1 heterocycles. The number of carbonyl (C=O) groups excluding carboxylic acids is 1. The van der Waals surface area contributed by atoms with Gasteiger partial charge in [0.1, 0.15) is 17.1 Å². The molecule has 1 aromatic heterocycles. The molecule has 0 aliphatic carbocycles. The van der Waals surface area contributed by atoms with E-state index in [0.29, 0.717) is 18.6 Å². The summed E-state index contributed by atoms with van der Waals surface area (Å²) in [4.78, 5) is 12.2. The van der Waals surface area contributed by atoms with E-state index in [0.717, 1.165) is 17.1 Å². The molecular formula is C19H32O3Si. The number of carbonyl (C=O) groups is 1. The minimum Gasteiger partial charge on any atom is -0.465 e. The molecule has 0 aromatic carbocycles. The number of allylic oxidation sites excluding steroid dienone is 1. The number of aryl methyl sites for hydroxylation is 1. The number of ether oxygens (including phenoxy) is 1. The standard InChI is InChI=1S/C19H32O3Si/c1-8-16-15(19(20)21-9-2)13-17(22-16)18(14(6)7)23(10-3,11-4)12-5/h13,18H,6,8-12H2,1-5,7H3. The van der Waals surface area contributed by atoms with Gasteiger partial charge in [-0.25, -0.2) is 4.79 Å². The topological polar surface area (TPSA) is 39.4 Å². The molecule has 1 atom stereocenters. The van der Waals surface area contributed by atoms with Crippen LogP contribution in [0, 0.1) is 0 Å². The van der Waals surface area contributed by atoms with Crippen LogP contribution in [0.3, 0.4) is 0 Å². The van der Waals surface area contributed by atoms with Crippen LogP contribution in [-0.4, -0.2) is 20.7 Å². The van der Waals surface area contributed by atoms with E-state index in [1.54, 1.807) is 0 Å². The first-order valence-electron chi connectivity index (χ1n) is 8.85. The summed E-state index contributed by atoms with van der Waals surface area (Å²) < 4.78 is 11.3. The second kappa shape index (κ2) is 8.53. The normalized spacial score (nSPS) is 13.0. The molecule has 0 aliphatic heterocycles. The van der Waals surface area contributed by atoms with Gasteiger partial charge < -0.3 is 9.15 Å². The van der Waals surface area contributed by atoms with Crippen molar-refractivity contribution in [1.82, 2.24) is 0 Å². The Hall–Kier alpha value is -1.29. The van der Waals surface area contributed by atoms with Gasteiger partial charge in [0.2, 0.25) is 0 Å². The van der Waals surface area contributed by atoms with Crippen molar-refractivity contribution in [3.63, 3.8) is 0 Å². The lowest BCUT2D eigenvalue weighted by Gasteiger charge is -2.36. The first-order valence-corrected chi connectivity index (χ1v) is 11.6. The van der Waals surface area contributed by atoms with Gasteiger partial charge in [0.25, 0.3) is 0 Å². The molecule has 0 N–H and O–H groups in total. The van der Waals surface area contributed by atoms with Crippen LogP contribution in [0.1, 0.15) is 69.0 Å². The van der Waals surface area contributed by atoms with Gasteiger partial charge in [-0.05, 0) is 19.9 Å². The average Bonchev–Trinajstić information content (AvgIpc) is 2.96. The van der Waals surface area contributed by atoms with Crippen molar-refractivity contribution in [3.8, 4) is 0 Å². The third kappa shape index (κ3) is 3.97. The van der Waals surface area contributed by atoms with Crippen molar-refractivity contribution >= 4 is 14.0 Å². The van der Waals surface area contributed by atoms with Crippen LogP contribution >= 0.6 is 0 Å². The Morgan fingerprint density at radius 1 is 1.22 bits per heavy atom. The van der Waals surface area contributed by atoms with Crippen LogP contribution < -0.4 is 0 Å². The smallest absolute Gasteiger partial charge is 0.341 e. The fraction of sp³-hybridized carbons (Fsp3) is 0.632. The lowest BCUT2D eigenvalue weighted by Crippen LogP contribution is -2.40. The van der Waals surface area contributed by atoms with Gasteiger partial charge in [-0.1, -0.05) is 58.0 Å². The predicted octanol–water partition coefficient (Wildman–Crippen LogP) is 5.73. The molecule has 1 aromatic rings. The minimum atomic E-state index is -1.57. The second-order valence-corrected chi connectivity index (χ2v) is 11.7. The van der Waals surface area contributed by atoms with Gasteiger partial charge in [0, 0.05) is 12.0 Å². The molecule has 23 heavy (non-hydrogen) atoms. The molecule has 0 fully saturated rings. The zero-order valence-corrected chi connectivity index (χ0v) is 16.6. The molecule has 0 aliphatic rings. The van der Waals surface area contributed by atoms with E-state index >= 15 is 0 Å².